The summed E-state index contributed by atoms with van der Waals surface area (Å²) in [4.78, 5) is 6.32. The van der Waals surface area contributed by atoms with E-state index in [0.717, 1.165) is 17.1 Å². The molecule has 1 atom stereocenters. The van der Waals surface area contributed by atoms with E-state index < -0.39 is 12.5 Å². The molecule has 6 heteroatoms. The van der Waals surface area contributed by atoms with Gasteiger partial charge in [0.2, 0.25) is 0 Å². The van der Waals surface area contributed by atoms with E-state index in [1.54, 1.807) is 6.20 Å². The Morgan fingerprint density at radius 1 is 1.17 bits per heavy atom. The second kappa shape index (κ2) is 8.55. The van der Waals surface area contributed by atoms with Crippen LogP contribution in [0, 0.1) is 0 Å². The third kappa shape index (κ3) is 4.97. The van der Waals surface area contributed by atoms with Crippen molar-refractivity contribution in [2.24, 2.45) is 0 Å². The van der Waals surface area contributed by atoms with E-state index >= 15 is 0 Å². The van der Waals surface area contributed by atoms with Crippen LogP contribution in [0.5, 0.6) is 0 Å². The molecule has 124 valence electrons. The third-order valence-electron chi connectivity index (χ3n) is 3.61. The lowest BCUT2D eigenvalue weighted by Gasteiger charge is -2.19. The molecule has 0 aliphatic carbocycles. The Bertz CT molecular complexity index is 578. The van der Waals surface area contributed by atoms with Crippen molar-refractivity contribution in [1.82, 2.24) is 10.3 Å². The van der Waals surface area contributed by atoms with E-state index in [9.17, 15) is 8.78 Å². The van der Waals surface area contributed by atoms with E-state index in [1.807, 2.05) is 54.4 Å². The molecule has 1 aromatic heterocycles. The van der Waals surface area contributed by atoms with Crippen LogP contribution in [0.15, 0.2) is 48.7 Å². The lowest BCUT2D eigenvalue weighted by molar-refractivity contribution is 0.0826. The summed E-state index contributed by atoms with van der Waals surface area (Å²) in [5.41, 5.74) is 1.84. The summed E-state index contributed by atoms with van der Waals surface area (Å²) in [5.74, 6) is 0.778. The topological polar surface area (TPSA) is 48.4 Å². The number of hydrogen-bond donors (Lipinski definition) is 2. The Labute approximate surface area is 134 Å². The number of nitrogens with one attached hydrogen (secondary N) is 1. The van der Waals surface area contributed by atoms with Crippen molar-refractivity contribution in [2.45, 2.75) is 25.4 Å². The second-order valence-electron chi connectivity index (χ2n) is 5.25. The van der Waals surface area contributed by atoms with Gasteiger partial charge in [-0.05, 0) is 30.2 Å². The van der Waals surface area contributed by atoms with Crippen molar-refractivity contribution in [3.8, 4) is 0 Å². The number of pyridine rings is 1. The minimum absolute atomic E-state index is 0.0277. The molecule has 0 radical (unpaired) electrons. The fraction of sp³-hybridized carbons (Fsp3) is 0.353. The zero-order valence-corrected chi connectivity index (χ0v) is 13.0. The van der Waals surface area contributed by atoms with Crippen LogP contribution in [0.4, 0.5) is 20.3 Å². The summed E-state index contributed by atoms with van der Waals surface area (Å²) in [6, 6.07) is 12.5. The van der Waals surface area contributed by atoms with Crippen molar-refractivity contribution >= 4 is 11.5 Å². The average molecular weight is 321 g/mol. The first-order valence-electron chi connectivity index (χ1n) is 7.48. The molecule has 0 aliphatic heterocycles. The maximum Gasteiger partial charge on any atom is 0.253 e. The lowest BCUT2D eigenvalue weighted by Crippen LogP contribution is -2.36. The number of anilines is 2. The Morgan fingerprint density at radius 2 is 1.91 bits per heavy atom. The number of hydrogen-bond acceptors (Lipinski definition) is 4. The number of nitrogens with zero attached hydrogens (tertiary/aromatic N) is 2. The molecule has 4 nitrogen and oxygen atoms in total. The number of para-hydroxylation sites is 1. The van der Waals surface area contributed by atoms with Crippen LogP contribution in [0.25, 0.3) is 0 Å². The summed E-state index contributed by atoms with van der Waals surface area (Å²) in [6.45, 7) is 0.0262. The number of alkyl halides is 2. The monoisotopic (exact) mass is 321 g/mol. The molecule has 0 bridgehead atoms. The lowest BCUT2D eigenvalue weighted by atomic mass is 10.2. The molecule has 2 rings (SSSR count). The third-order valence-corrected chi connectivity index (χ3v) is 3.61. The molecule has 1 unspecified atom stereocenters. The first-order chi connectivity index (χ1) is 11.1. The molecular weight excluding hydrogens is 300 g/mol. The van der Waals surface area contributed by atoms with Crippen LogP contribution in [-0.4, -0.2) is 36.2 Å². The highest BCUT2D eigenvalue weighted by Crippen LogP contribution is 2.20. The van der Waals surface area contributed by atoms with Crippen LogP contribution in [0.2, 0.25) is 0 Å². The molecule has 2 aromatic rings. The zero-order valence-electron chi connectivity index (χ0n) is 13.0. The Kier molecular flexibility index (Phi) is 6.43. The summed E-state index contributed by atoms with van der Waals surface area (Å²) in [7, 11) is 1.92. The van der Waals surface area contributed by atoms with E-state index in [0.29, 0.717) is 0 Å². The SMILES string of the molecule is CN(c1ccccc1)c1ccc(CNC(CCO)C(F)F)cn1. The van der Waals surface area contributed by atoms with Gasteiger partial charge in [-0.2, -0.15) is 0 Å². The van der Waals surface area contributed by atoms with Gasteiger partial charge in [0.25, 0.3) is 6.43 Å². The molecule has 1 aromatic carbocycles. The van der Waals surface area contributed by atoms with Crippen LogP contribution in [0.3, 0.4) is 0 Å². The largest absolute Gasteiger partial charge is 0.396 e. The van der Waals surface area contributed by atoms with Crippen molar-refractivity contribution in [1.29, 1.82) is 0 Å². The second-order valence-corrected chi connectivity index (χ2v) is 5.25. The van der Waals surface area contributed by atoms with Gasteiger partial charge in [-0.25, -0.2) is 13.8 Å². The van der Waals surface area contributed by atoms with Gasteiger partial charge in [0.05, 0.1) is 6.04 Å². The molecular formula is C17H21F2N3O. The van der Waals surface area contributed by atoms with Crippen LogP contribution in [0.1, 0.15) is 12.0 Å². The minimum atomic E-state index is -2.50. The minimum Gasteiger partial charge on any atom is -0.396 e. The first-order valence-corrected chi connectivity index (χ1v) is 7.48. The molecule has 0 saturated carbocycles. The van der Waals surface area contributed by atoms with Gasteiger partial charge < -0.3 is 15.3 Å². The highest BCUT2D eigenvalue weighted by atomic mass is 19.3. The number of aliphatic hydroxyl groups excluding tert-OH is 1. The summed E-state index contributed by atoms with van der Waals surface area (Å²) in [6.07, 6.45) is -0.804. The number of aliphatic hydroxyl groups is 1. The molecule has 0 aliphatic rings. The molecule has 0 spiro atoms. The van der Waals surface area contributed by atoms with Crippen molar-refractivity contribution in [2.75, 3.05) is 18.6 Å². The molecule has 0 fully saturated rings. The van der Waals surface area contributed by atoms with Crippen LogP contribution >= 0.6 is 0 Å². The smallest absolute Gasteiger partial charge is 0.253 e. The summed E-state index contributed by atoms with van der Waals surface area (Å²) in [5, 5.41) is 11.6. The van der Waals surface area contributed by atoms with E-state index in [-0.39, 0.29) is 19.6 Å². The Hall–Kier alpha value is -2.05. The first kappa shape index (κ1) is 17.3. The van der Waals surface area contributed by atoms with Gasteiger partial charge in [-0.15, -0.1) is 0 Å². The zero-order chi connectivity index (χ0) is 16.7. The highest BCUT2D eigenvalue weighted by molar-refractivity contribution is 5.58. The number of rotatable bonds is 8. The average Bonchev–Trinajstić information content (AvgIpc) is 2.59. The molecule has 0 saturated heterocycles. The van der Waals surface area contributed by atoms with Crippen LogP contribution < -0.4 is 10.2 Å². The van der Waals surface area contributed by atoms with Crippen molar-refractivity contribution in [3.63, 3.8) is 0 Å². The van der Waals surface area contributed by atoms with Crippen molar-refractivity contribution < 1.29 is 13.9 Å². The van der Waals surface area contributed by atoms with E-state index in [1.165, 1.54) is 0 Å². The predicted octanol–water partition coefficient (Wildman–Crippen LogP) is 2.96. The van der Waals surface area contributed by atoms with Gasteiger partial charge in [0.1, 0.15) is 5.82 Å². The maximum absolute atomic E-state index is 12.8. The van der Waals surface area contributed by atoms with Gasteiger partial charge in [-0.3, -0.25) is 0 Å². The fourth-order valence-corrected chi connectivity index (χ4v) is 2.21. The normalized spacial score (nSPS) is 12.4. The van der Waals surface area contributed by atoms with Crippen molar-refractivity contribution in [3.05, 3.63) is 54.2 Å². The standard InChI is InChI=1S/C17H21F2N3O/c1-22(14-5-3-2-4-6-14)16-8-7-13(12-21-16)11-20-15(9-10-23)17(18)19/h2-8,12,15,17,20,23H,9-11H2,1H3. The van der Waals surface area contributed by atoms with Gasteiger partial charge in [0.15, 0.2) is 0 Å². The number of halogens is 2. The van der Waals surface area contributed by atoms with E-state index in [4.69, 9.17) is 5.11 Å². The Balaban J connectivity index is 1.97. The summed E-state index contributed by atoms with van der Waals surface area (Å²) < 4.78 is 25.5. The number of aromatic nitrogens is 1. The quantitative estimate of drug-likeness (QED) is 0.785. The van der Waals surface area contributed by atoms with Gasteiger partial charge >= 0.3 is 0 Å². The predicted molar refractivity (Wildman–Crippen MR) is 87.1 cm³/mol. The van der Waals surface area contributed by atoms with Crippen LogP contribution in [-0.2, 0) is 6.54 Å². The van der Waals surface area contributed by atoms with Gasteiger partial charge in [-0.1, -0.05) is 24.3 Å². The molecule has 23 heavy (non-hydrogen) atoms. The van der Waals surface area contributed by atoms with E-state index in [2.05, 4.69) is 10.3 Å². The number of benzene rings is 1. The van der Waals surface area contributed by atoms with Gasteiger partial charge in [0, 0.05) is 32.1 Å². The maximum atomic E-state index is 12.8. The Morgan fingerprint density at radius 3 is 2.48 bits per heavy atom. The fourth-order valence-electron chi connectivity index (χ4n) is 2.21. The molecule has 2 N–H and O–H groups in total. The summed E-state index contributed by atoms with van der Waals surface area (Å²) >= 11 is 0. The highest BCUT2D eigenvalue weighted by Gasteiger charge is 2.18. The molecule has 0 amide bonds. The molecule has 1 heterocycles.